The highest BCUT2D eigenvalue weighted by Crippen LogP contribution is 2.18. The van der Waals surface area contributed by atoms with Crippen molar-refractivity contribution in [3.63, 3.8) is 0 Å². The molecule has 20 heavy (non-hydrogen) atoms. The topological polar surface area (TPSA) is 59.3 Å². The van der Waals surface area contributed by atoms with Crippen LogP contribution in [0.3, 0.4) is 0 Å². The van der Waals surface area contributed by atoms with Crippen molar-refractivity contribution >= 4 is 5.97 Å². The van der Waals surface area contributed by atoms with Gasteiger partial charge in [-0.25, -0.2) is 4.79 Å². The Morgan fingerprint density at radius 2 is 1.85 bits per heavy atom. The number of hydrogen-bond donors (Lipinski definition) is 1. The fraction of sp³-hybridized carbons (Fsp3) is 0.250. The lowest BCUT2D eigenvalue weighted by molar-refractivity contribution is 0.0694. The summed E-state index contributed by atoms with van der Waals surface area (Å²) in [5.41, 5.74) is 1.06. The van der Waals surface area contributed by atoms with Crippen LogP contribution < -0.4 is 5.56 Å². The summed E-state index contributed by atoms with van der Waals surface area (Å²) in [6.45, 7) is 2.56. The van der Waals surface area contributed by atoms with Gasteiger partial charge in [0.2, 0.25) is 0 Å². The van der Waals surface area contributed by atoms with Crippen molar-refractivity contribution in [1.29, 1.82) is 0 Å². The maximum atomic E-state index is 12.3. The number of rotatable bonds is 5. The fourth-order valence-corrected chi connectivity index (χ4v) is 2.14. The molecule has 4 heteroatoms. The third kappa shape index (κ3) is 2.79. The Morgan fingerprint density at radius 1 is 1.15 bits per heavy atom. The van der Waals surface area contributed by atoms with E-state index in [0.717, 1.165) is 24.1 Å². The molecule has 0 saturated carbocycles. The molecule has 1 N–H and O–H groups in total. The predicted molar refractivity (Wildman–Crippen MR) is 78.0 cm³/mol. The van der Waals surface area contributed by atoms with Crippen molar-refractivity contribution in [3.8, 4) is 11.3 Å². The van der Waals surface area contributed by atoms with Gasteiger partial charge < -0.3 is 9.67 Å². The molecule has 1 heterocycles. The van der Waals surface area contributed by atoms with Gasteiger partial charge in [0.25, 0.3) is 5.56 Å². The zero-order valence-electron chi connectivity index (χ0n) is 11.4. The van der Waals surface area contributed by atoms with Crippen molar-refractivity contribution in [1.82, 2.24) is 4.57 Å². The summed E-state index contributed by atoms with van der Waals surface area (Å²) in [6.07, 6.45) is 1.78. The van der Waals surface area contributed by atoms with Gasteiger partial charge in [0.15, 0.2) is 0 Å². The molecule has 0 atom stereocenters. The molecule has 0 saturated heterocycles. The van der Waals surface area contributed by atoms with Gasteiger partial charge in [0.05, 0.1) is 5.69 Å². The molecule has 0 amide bonds. The predicted octanol–water partition coefficient (Wildman–Crippen LogP) is 3.01. The van der Waals surface area contributed by atoms with E-state index < -0.39 is 11.5 Å². The van der Waals surface area contributed by atoms with Crippen LogP contribution in [-0.4, -0.2) is 15.6 Å². The molecule has 0 fully saturated rings. The highest BCUT2D eigenvalue weighted by Gasteiger charge is 2.14. The lowest BCUT2D eigenvalue weighted by Crippen LogP contribution is -2.27. The number of aromatic nitrogens is 1. The van der Waals surface area contributed by atoms with Crippen LogP contribution >= 0.6 is 0 Å². The molecular formula is C16H17NO3. The second kappa shape index (κ2) is 6.19. The number of nitrogens with zero attached hydrogens (tertiary/aromatic N) is 1. The van der Waals surface area contributed by atoms with Crippen molar-refractivity contribution in [3.05, 3.63) is 58.4 Å². The monoisotopic (exact) mass is 271 g/mol. The summed E-state index contributed by atoms with van der Waals surface area (Å²) >= 11 is 0. The average molecular weight is 271 g/mol. The van der Waals surface area contributed by atoms with Gasteiger partial charge in [0.1, 0.15) is 5.56 Å². The van der Waals surface area contributed by atoms with Gasteiger partial charge in [-0.3, -0.25) is 4.79 Å². The summed E-state index contributed by atoms with van der Waals surface area (Å²) in [5.74, 6) is -1.18. The van der Waals surface area contributed by atoms with E-state index in [1.54, 1.807) is 10.6 Å². The molecule has 0 aliphatic rings. The number of pyridine rings is 1. The largest absolute Gasteiger partial charge is 0.477 e. The molecule has 1 aromatic heterocycles. The molecule has 4 nitrogen and oxygen atoms in total. The van der Waals surface area contributed by atoms with Crippen LogP contribution in [0.4, 0.5) is 0 Å². The molecule has 0 spiro atoms. The Balaban J connectivity index is 2.60. The molecule has 0 radical (unpaired) electrons. The number of hydrogen-bond acceptors (Lipinski definition) is 2. The number of unbranched alkanes of at least 4 members (excludes halogenated alkanes) is 1. The van der Waals surface area contributed by atoms with Crippen molar-refractivity contribution in [2.24, 2.45) is 0 Å². The van der Waals surface area contributed by atoms with E-state index in [1.165, 1.54) is 6.07 Å². The lowest BCUT2D eigenvalue weighted by atomic mass is 10.1. The number of aromatic carboxylic acids is 1. The van der Waals surface area contributed by atoms with Gasteiger partial charge in [-0.15, -0.1) is 0 Å². The van der Waals surface area contributed by atoms with Gasteiger partial charge in [-0.05, 0) is 24.1 Å². The van der Waals surface area contributed by atoms with Crippen LogP contribution in [0.1, 0.15) is 30.1 Å². The molecular weight excluding hydrogens is 254 g/mol. The SMILES string of the molecule is CCCCn1c(-c2ccccc2)ccc(C(=O)O)c1=O. The van der Waals surface area contributed by atoms with E-state index >= 15 is 0 Å². The number of carbonyl (C=O) groups is 1. The van der Waals surface area contributed by atoms with E-state index in [1.807, 2.05) is 37.3 Å². The summed E-state index contributed by atoms with van der Waals surface area (Å²) in [7, 11) is 0. The second-order valence-corrected chi connectivity index (χ2v) is 4.61. The van der Waals surface area contributed by atoms with Crippen molar-refractivity contribution in [2.45, 2.75) is 26.3 Å². The standard InChI is InChI=1S/C16H17NO3/c1-2-3-11-17-14(12-7-5-4-6-8-12)10-9-13(15(17)18)16(19)20/h4-10H,2-3,11H2,1H3,(H,19,20). The molecule has 104 valence electrons. The zero-order valence-corrected chi connectivity index (χ0v) is 11.4. The van der Waals surface area contributed by atoms with Crippen LogP contribution in [0.25, 0.3) is 11.3 Å². The van der Waals surface area contributed by atoms with Crippen LogP contribution in [0.2, 0.25) is 0 Å². The van der Waals surface area contributed by atoms with Crippen LogP contribution in [0, 0.1) is 0 Å². The highest BCUT2D eigenvalue weighted by atomic mass is 16.4. The molecule has 0 bridgehead atoms. The van der Waals surface area contributed by atoms with Gasteiger partial charge >= 0.3 is 5.97 Å². The Hall–Kier alpha value is -2.36. The first-order valence-corrected chi connectivity index (χ1v) is 6.67. The van der Waals surface area contributed by atoms with Crippen LogP contribution in [-0.2, 0) is 6.54 Å². The Morgan fingerprint density at radius 3 is 2.45 bits per heavy atom. The van der Waals surface area contributed by atoms with E-state index in [4.69, 9.17) is 5.11 Å². The minimum Gasteiger partial charge on any atom is -0.477 e. The molecule has 2 aromatic rings. The summed E-state index contributed by atoms with van der Waals surface area (Å²) in [4.78, 5) is 23.4. The highest BCUT2D eigenvalue weighted by molar-refractivity contribution is 5.87. The minimum atomic E-state index is -1.18. The zero-order chi connectivity index (χ0) is 14.5. The fourth-order valence-electron chi connectivity index (χ4n) is 2.14. The number of carboxylic acid groups (broad SMARTS) is 1. The lowest BCUT2D eigenvalue weighted by Gasteiger charge is -2.13. The van der Waals surface area contributed by atoms with Gasteiger partial charge in [0, 0.05) is 6.54 Å². The third-order valence-electron chi connectivity index (χ3n) is 3.21. The maximum absolute atomic E-state index is 12.3. The minimum absolute atomic E-state index is 0.180. The van der Waals surface area contributed by atoms with Crippen LogP contribution in [0.15, 0.2) is 47.3 Å². The van der Waals surface area contributed by atoms with E-state index in [0.29, 0.717) is 6.54 Å². The molecule has 0 aliphatic heterocycles. The van der Waals surface area contributed by atoms with E-state index in [9.17, 15) is 9.59 Å². The molecule has 0 unspecified atom stereocenters. The summed E-state index contributed by atoms with van der Waals surface area (Å²) in [6, 6.07) is 12.6. The first kappa shape index (κ1) is 14.1. The van der Waals surface area contributed by atoms with E-state index in [-0.39, 0.29) is 5.56 Å². The van der Waals surface area contributed by atoms with E-state index in [2.05, 4.69) is 0 Å². The smallest absolute Gasteiger partial charge is 0.341 e. The van der Waals surface area contributed by atoms with Crippen molar-refractivity contribution in [2.75, 3.05) is 0 Å². The average Bonchev–Trinajstić information content (AvgIpc) is 2.46. The summed E-state index contributed by atoms with van der Waals surface area (Å²) < 4.78 is 1.56. The van der Waals surface area contributed by atoms with Gasteiger partial charge in [-0.1, -0.05) is 43.7 Å². The first-order valence-electron chi connectivity index (χ1n) is 6.67. The Kier molecular flexibility index (Phi) is 4.35. The number of benzene rings is 1. The van der Waals surface area contributed by atoms with Crippen molar-refractivity contribution < 1.29 is 9.90 Å². The second-order valence-electron chi connectivity index (χ2n) is 4.61. The quantitative estimate of drug-likeness (QED) is 0.909. The third-order valence-corrected chi connectivity index (χ3v) is 3.21. The summed E-state index contributed by atoms with van der Waals surface area (Å²) in [5, 5.41) is 9.06. The normalized spacial score (nSPS) is 10.4. The first-order chi connectivity index (χ1) is 9.65. The Labute approximate surface area is 117 Å². The van der Waals surface area contributed by atoms with Crippen LogP contribution in [0.5, 0.6) is 0 Å². The molecule has 1 aromatic carbocycles. The maximum Gasteiger partial charge on any atom is 0.341 e. The van der Waals surface area contributed by atoms with Gasteiger partial charge in [-0.2, -0.15) is 0 Å². The Bertz CT molecular complexity index is 659. The molecule has 0 aliphatic carbocycles. The number of carboxylic acids is 1. The molecule has 2 rings (SSSR count).